The molecule has 0 aromatic heterocycles. The van der Waals surface area contributed by atoms with Crippen LogP contribution in [0.25, 0.3) is 0 Å². The van der Waals surface area contributed by atoms with Gasteiger partial charge in [0.2, 0.25) is 0 Å². The Morgan fingerprint density at radius 3 is 2.14 bits per heavy atom. The van der Waals surface area contributed by atoms with E-state index in [1.807, 2.05) is 0 Å². The Morgan fingerprint density at radius 2 is 2.14 bits per heavy atom. The van der Waals surface area contributed by atoms with Crippen molar-refractivity contribution in [3.05, 3.63) is 6.92 Å². The minimum atomic E-state index is -4.23. The standard InChI is InChI=1S/C2H6O4P/c1-2-6-7(3,4)5/h1-2H2,(H2,3,4,5). The number of phosphoric acid groups is 1. The molecule has 5 heteroatoms. The molecule has 2 N–H and O–H groups in total. The normalized spacial score (nSPS) is 11.9. The molecule has 0 aromatic rings. The van der Waals surface area contributed by atoms with Crippen LogP contribution >= 0.6 is 7.82 Å². The lowest BCUT2D eigenvalue weighted by Gasteiger charge is -1.98. The molecule has 0 rings (SSSR count). The van der Waals surface area contributed by atoms with E-state index in [-0.39, 0.29) is 6.61 Å². The molecule has 0 saturated carbocycles. The first-order chi connectivity index (χ1) is 3.06. The lowest BCUT2D eigenvalue weighted by molar-refractivity contribution is 0.215. The van der Waals surface area contributed by atoms with E-state index >= 15 is 0 Å². The topological polar surface area (TPSA) is 66.8 Å². The highest BCUT2D eigenvalue weighted by molar-refractivity contribution is 7.46. The van der Waals surface area contributed by atoms with E-state index in [1.54, 1.807) is 0 Å². The summed E-state index contributed by atoms with van der Waals surface area (Å²) in [5.41, 5.74) is 0. The van der Waals surface area contributed by atoms with Gasteiger partial charge in [-0.25, -0.2) is 4.57 Å². The fourth-order valence-electron chi connectivity index (χ4n) is 0.119. The summed E-state index contributed by atoms with van der Waals surface area (Å²) in [7, 11) is -4.23. The molecular weight excluding hydrogens is 119 g/mol. The first-order valence-electron chi connectivity index (χ1n) is 1.55. The van der Waals surface area contributed by atoms with E-state index in [4.69, 9.17) is 9.79 Å². The van der Waals surface area contributed by atoms with Gasteiger partial charge in [0.1, 0.15) is 0 Å². The van der Waals surface area contributed by atoms with Gasteiger partial charge in [-0.15, -0.1) is 0 Å². The molecular formula is C2H6O4P. The molecule has 1 radical (unpaired) electrons. The molecule has 0 heterocycles. The summed E-state index contributed by atoms with van der Waals surface area (Å²) in [5, 5.41) is 0. The maximum atomic E-state index is 9.66. The number of rotatable bonds is 2. The number of hydrogen-bond acceptors (Lipinski definition) is 2. The zero-order valence-electron chi connectivity index (χ0n) is 3.57. The molecule has 0 saturated heterocycles. The Balaban J connectivity index is 3.36. The summed E-state index contributed by atoms with van der Waals surface area (Å²) < 4.78 is 13.4. The molecule has 0 aliphatic carbocycles. The molecule has 0 aliphatic rings. The Hall–Kier alpha value is 0.110. The molecule has 0 spiro atoms. The average molecular weight is 125 g/mol. The minimum Gasteiger partial charge on any atom is -0.303 e. The monoisotopic (exact) mass is 125 g/mol. The predicted molar refractivity (Wildman–Crippen MR) is 23.4 cm³/mol. The molecule has 0 aromatic carbocycles. The first kappa shape index (κ1) is 7.11. The van der Waals surface area contributed by atoms with Crippen LogP contribution in [-0.2, 0) is 9.09 Å². The zero-order valence-corrected chi connectivity index (χ0v) is 4.47. The van der Waals surface area contributed by atoms with Crippen molar-refractivity contribution in [1.29, 1.82) is 0 Å². The van der Waals surface area contributed by atoms with Crippen LogP contribution in [-0.4, -0.2) is 16.4 Å². The lowest BCUT2D eigenvalue weighted by Crippen LogP contribution is -1.84. The second kappa shape index (κ2) is 2.43. The van der Waals surface area contributed by atoms with Gasteiger partial charge in [-0.1, -0.05) is 0 Å². The van der Waals surface area contributed by atoms with Crippen molar-refractivity contribution in [2.24, 2.45) is 0 Å². The molecule has 7 heavy (non-hydrogen) atoms. The van der Waals surface area contributed by atoms with Gasteiger partial charge < -0.3 is 9.79 Å². The highest BCUT2D eigenvalue weighted by Gasteiger charge is 2.10. The summed E-state index contributed by atoms with van der Waals surface area (Å²) >= 11 is 0. The van der Waals surface area contributed by atoms with Gasteiger partial charge in [0.25, 0.3) is 0 Å². The van der Waals surface area contributed by atoms with E-state index in [0.717, 1.165) is 0 Å². The maximum Gasteiger partial charge on any atom is 0.469 e. The fourth-order valence-corrected chi connectivity index (χ4v) is 0.357. The van der Waals surface area contributed by atoms with Crippen LogP contribution < -0.4 is 0 Å². The average Bonchev–Trinajstić information content (AvgIpc) is 1.30. The number of phosphoric ester groups is 1. The third-order valence-corrected chi connectivity index (χ3v) is 0.778. The maximum absolute atomic E-state index is 9.66. The second-order valence-corrected chi connectivity index (χ2v) is 2.06. The third kappa shape index (κ3) is 6.11. The molecule has 0 amide bonds. The summed E-state index contributed by atoms with van der Waals surface area (Å²) in [6.07, 6.45) is 0. The van der Waals surface area contributed by atoms with Crippen LogP contribution in [0.15, 0.2) is 0 Å². The Kier molecular flexibility index (Phi) is 2.46. The summed E-state index contributed by atoms with van der Waals surface area (Å²) in [6, 6.07) is 0. The van der Waals surface area contributed by atoms with Gasteiger partial charge in [-0.05, 0) is 6.92 Å². The Labute approximate surface area is 41.4 Å². The predicted octanol–water partition coefficient (Wildman–Crippen LogP) is -0.0702. The molecule has 0 atom stereocenters. The largest absolute Gasteiger partial charge is 0.469 e. The molecule has 0 unspecified atom stereocenters. The fraction of sp³-hybridized carbons (Fsp3) is 0.500. The quantitative estimate of drug-likeness (QED) is 0.507. The van der Waals surface area contributed by atoms with Crippen molar-refractivity contribution < 1.29 is 18.9 Å². The zero-order chi connectivity index (χ0) is 5.91. The summed E-state index contributed by atoms with van der Waals surface area (Å²) in [4.78, 5) is 15.7. The van der Waals surface area contributed by atoms with Crippen LogP contribution in [0.2, 0.25) is 0 Å². The van der Waals surface area contributed by atoms with Gasteiger partial charge in [0, 0.05) is 0 Å². The van der Waals surface area contributed by atoms with Crippen molar-refractivity contribution in [1.82, 2.24) is 0 Å². The smallest absolute Gasteiger partial charge is 0.303 e. The highest BCUT2D eigenvalue weighted by Crippen LogP contribution is 2.34. The third-order valence-electron chi connectivity index (χ3n) is 0.259. The van der Waals surface area contributed by atoms with Gasteiger partial charge in [0.05, 0.1) is 6.61 Å². The molecule has 0 fully saturated rings. The molecule has 43 valence electrons. The van der Waals surface area contributed by atoms with Crippen LogP contribution in [0.4, 0.5) is 0 Å². The Bertz CT molecular complexity index is 83.7. The van der Waals surface area contributed by atoms with Crippen molar-refractivity contribution in [3.63, 3.8) is 0 Å². The van der Waals surface area contributed by atoms with Gasteiger partial charge in [-0.3, -0.25) is 4.52 Å². The SMILES string of the molecule is [CH2]COP(=O)(O)O. The van der Waals surface area contributed by atoms with E-state index in [0.29, 0.717) is 0 Å². The van der Waals surface area contributed by atoms with Crippen molar-refractivity contribution >= 4 is 7.82 Å². The second-order valence-electron chi connectivity index (χ2n) is 0.824. The van der Waals surface area contributed by atoms with Crippen molar-refractivity contribution in [2.75, 3.05) is 6.61 Å². The van der Waals surface area contributed by atoms with Crippen molar-refractivity contribution in [3.8, 4) is 0 Å². The van der Waals surface area contributed by atoms with E-state index in [1.165, 1.54) is 0 Å². The van der Waals surface area contributed by atoms with Crippen LogP contribution in [0.1, 0.15) is 0 Å². The van der Waals surface area contributed by atoms with Crippen LogP contribution in [0, 0.1) is 6.92 Å². The van der Waals surface area contributed by atoms with Gasteiger partial charge in [-0.2, -0.15) is 0 Å². The lowest BCUT2D eigenvalue weighted by atomic mass is 10.9. The number of hydrogen-bond donors (Lipinski definition) is 2. The van der Waals surface area contributed by atoms with Crippen LogP contribution in [0.3, 0.4) is 0 Å². The summed E-state index contributed by atoms with van der Waals surface area (Å²) in [6.45, 7) is 2.85. The van der Waals surface area contributed by atoms with Gasteiger partial charge in [0.15, 0.2) is 0 Å². The molecule has 0 bridgehead atoms. The minimum absolute atomic E-state index is 0.204. The van der Waals surface area contributed by atoms with E-state index in [9.17, 15) is 4.57 Å². The van der Waals surface area contributed by atoms with Crippen molar-refractivity contribution in [2.45, 2.75) is 0 Å². The Morgan fingerprint density at radius 1 is 1.71 bits per heavy atom. The van der Waals surface area contributed by atoms with Gasteiger partial charge >= 0.3 is 7.82 Å². The van der Waals surface area contributed by atoms with E-state index < -0.39 is 7.82 Å². The molecule has 0 aliphatic heterocycles. The van der Waals surface area contributed by atoms with Crippen LogP contribution in [0.5, 0.6) is 0 Å². The summed E-state index contributed by atoms with van der Waals surface area (Å²) in [5.74, 6) is 0. The van der Waals surface area contributed by atoms with E-state index in [2.05, 4.69) is 11.4 Å². The highest BCUT2D eigenvalue weighted by atomic mass is 31.2. The molecule has 4 nitrogen and oxygen atoms in total. The first-order valence-corrected chi connectivity index (χ1v) is 3.08.